The number of nitrogens with zero attached hydrogens (tertiary/aromatic N) is 2. The number of thiol groups is 1. The van der Waals surface area contributed by atoms with Crippen LogP contribution >= 0.6 is 12.6 Å². The average molecular weight is 767 g/mol. The second kappa shape index (κ2) is 21.0. The average Bonchev–Trinajstić information content (AvgIpc) is 3.58. The van der Waals surface area contributed by atoms with Crippen LogP contribution in [0.1, 0.15) is 44.1 Å². The van der Waals surface area contributed by atoms with Crippen molar-refractivity contribution in [1.29, 1.82) is 0 Å². The summed E-state index contributed by atoms with van der Waals surface area (Å²) in [6.45, 7) is 0.00383. The van der Waals surface area contributed by atoms with Crippen molar-refractivity contribution in [3.05, 3.63) is 29.8 Å². The molecule has 21 nitrogen and oxygen atoms in total. The molecule has 1 aromatic carbocycles. The monoisotopic (exact) mass is 766 g/mol. The third-order valence-corrected chi connectivity index (χ3v) is 8.34. The second-order valence-corrected chi connectivity index (χ2v) is 12.5. The maximum absolute atomic E-state index is 13.7. The van der Waals surface area contributed by atoms with E-state index in [0.29, 0.717) is 5.56 Å². The fraction of sp³-hybridized carbons (Fsp3) is 0.516. The number of amides is 6. The fourth-order valence-corrected chi connectivity index (χ4v) is 5.57. The topological polar surface area (TPSA) is 365 Å². The Morgan fingerprint density at radius 1 is 0.849 bits per heavy atom. The van der Waals surface area contributed by atoms with Gasteiger partial charge in [-0.1, -0.05) is 12.1 Å². The molecule has 1 aromatic rings. The normalized spacial score (nSPS) is 16.5. The van der Waals surface area contributed by atoms with E-state index in [2.05, 4.69) is 38.9 Å². The Morgan fingerprint density at radius 3 is 2.02 bits per heavy atom. The minimum Gasteiger partial charge on any atom is -0.508 e. The molecule has 2 rings (SSSR count). The summed E-state index contributed by atoms with van der Waals surface area (Å²) in [5.74, 6) is -8.93. The van der Waals surface area contributed by atoms with Crippen LogP contribution in [-0.4, -0.2) is 129 Å². The van der Waals surface area contributed by atoms with E-state index in [9.17, 15) is 48.6 Å². The van der Waals surface area contributed by atoms with E-state index in [1.165, 1.54) is 12.1 Å². The number of nitrogens with one attached hydrogen (secondary N) is 4. The molecule has 15 N–H and O–H groups in total. The smallest absolute Gasteiger partial charge is 0.326 e. The van der Waals surface area contributed by atoms with E-state index in [4.69, 9.17) is 28.0 Å². The molecule has 6 amide bonds. The van der Waals surface area contributed by atoms with Gasteiger partial charge in [0.1, 0.15) is 36.0 Å². The lowest BCUT2D eigenvalue weighted by Crippen LogP contribution is -2.60. The first-order chi connectivity index (χ1) is 24.9. The summed E-state index contributed by atoms with van der Waals surface area (Å²) in [5, 5.41) is 37.3. The molecule has 22 heteroatoms. The van der Waals surface area contributed by atoms with Crippen LogP contribution in [0.25, 0.3) is 0 Å². The summed E-state index contributed by atoms with van der Waals surface area (Å²) >= 11 is 4.15. The predicted octanol–water partition coefficient (Wildman–Crippen LogP) is -4.39. The van der Waals surface area contributed by atoms with Crippen molar-refractivity contribution in [1.82, 2.24) is 26.2 Å². The highest BCUT2D eigenvalue weighted by molar-refractivity contribution is 7.80. The summed E-state index contributed by atoms with van der Waals surface area (Å²) in [6.07, 6.45) is -1.22. The van der Waals surface area contributed by atoms with Crippen LogP contribution in [0.3, 0.4) is 0 Å². The van der Waals surface area contributed by atoms with Gasteiger partial charge >= 0.3 is 11.9 Å². The molecule has 53 heavy (non-hydrogen) atoms. The molecule has 0 spiro atoms. The van der Waals surface area contributed by atoms with Gasteiger partial charge in [-0.05, 0) is 49.8 Å². The van der Waals surface area contributed by atoms with Gasteiger partial charge in [0.05, 0.1) is 18.9 Å². The Morgan fingerprint density at radius 2 is 1.45 bits per heavy atom. The van der Waals surface area contributed by atoms with Crippen LogP contribution in [-0.2, 0) is 44.8 Å². The van der Waals surface area contributed by atoms with E-state index >= 15 is 0 Å². The number of likely N-dealkylation sites (tertiary alicyclic amines) is 1. The van der Waals surface area contributed by atoms with Crippen molar-refractivity contribution in [3.63, 3.8) is 0 Å². The van der Waals surface area contributed by atoms with Crippen LogP contribution in [0.4, 0.5) is 0 Å². The number of carboxylic acids is 2. The number of phenolic OH excluding ortho intramolecular Hbond substituents is 1. The molecule has 0 radical (unpaired) electrons. The molecule has 0 unspecified atom stereocenters. The summed E-state index contributed by atoms with van der Waals surface area (Å²) in [5.41, 5.74) is 22.8. The number of carbonyl (C=O) groups is 8. The molecule has 1 aliphatic heterocycles. The molecule has 6 atom stereocenters. The minimum atomic E-state index is -1.79. The highest BCUT2D eigenvalue weighted by Crippen LogP contribution is 2.20. The first-order valence-electron chi connectivity index (χ1n) is 16.4. The van der Waals surface area contributed by atoms with Gasteiger partial charge in [-0.3, -0.25) is 38.6 Å². The second-order valence-electron chi connectivity index (χ2n) is 12.1. The lowest BCUT2D eigenvalue weighted by atomic mass is 10.1. The number of aromatic hydroxyl groups is 1. The summed E-state index contributed by atoms with van der Waals surface area (Å²) in [6, 6.07) is -2.48. The standard InChI is InChI=1S/C31H46N10O11S/c32-17(11-15-5-7-16(42)8-6-15)25(46)40-21(14-53)27(48)37-18(3-1-9-36-31(34)35)26(47)38-19(12-23(33)43)29(50)41-10-2-4-22(41)28(49)39-20(30(51)52)13-24(44)45/h5-8,17-22,42,53H,1-4,9-14,32H2,(H2,33,43)(H,37,48)(H,38,47)(H,39,49)(H,40,46)(H,44,45)(H,51,52)(H4,34,35,36)/t17-,18-,19-,20-,21-,22-/m0/s1. The van der Waals surface area contributed by atoms with Crippen LogP contribution in [0.2, 0.25) is 0 Å². The molecule has 0 bridgehead atoms. The van der Waals surface area contributed by atoms with Crippen molar-refractivity contribution in [3.8, 4) is 5.75 Å². The molecule has 1 fully saturated rings. The molecule has 0 aromatic heterocycles. The lowest BCUT2D eigenvalue weighted by Gasteiger charge is -2.30. The Hall–Kier alpha value is -5.64. The van der Waals surface area contributed by atoms with Crippen LogP contribution in [0.5, 0.6) is 5.75 Å². The number of hydrogen-bond donors (Lipinski definition) is 12. The molecule has 0 aliphatic carbocycles. The third kappa shape index (κ3) is 14.5. The van der Waals surface area contributed by atoms with E-state index in [-0.39, 0.29) is 62.7 Å². The van der Waals surface area contributed by atoms with E-state index < -0.39 is 96.5 Å². The highest BCUT2D eigenvalue weighted by atomic mass is 32.1. The quantitative estimate of drug-likeness (QED) is 0.0243. The minimum absolute atomic E-state index is 0.0223. The van der Waals surface area contributed by atoms with Gasteiger partial charge in [-0.2, -0.15) is 12.6 Å². The first-order valence-corrected chi connectivity index (χ1v) is 17.0. The number of guanidine groups is 1. The molecule has 0 saturated carbocycles. The number of carbonyl (C=O) groups excluding carboxylic acids is 6. The molecule has 1 saturated heterocycles. The van der Waals surface area contributed by atoms with E-state index in [1.54, 1.807) is 12.1 Å². The zero-order valence-electron chi connectivity index (χ0n) is 28.6. The van der Waals surface area contributed by atoms with E-state index in [0.717, 1.165) is 4.90 Å². The number of nitrogens with two attached hydrogens (primary N) is 4. The van der Waals surface area contributed by atoms with Gasteiger partial charge in [0.25, 0.3) is 0 Å². The van der Waals surface area contributed by atoms with Crippen LogP contribution in [0.15, 0.2) is 29.3 Å². The van der Waals surface area contributed by atoms with E-state index in [1.807, 2.05) is 0 Å². The predicted molar refractivity (Wildman–Crippen MR) is 190 cm³/mol. The van der Waals surface area contributed by atoms with Crippen molar-refractivity contribution in [2.45, 2.75) is 81.2 Å². The number of carboxylic acid groups (broad SMARTS) is 2. The zero-order valence-corrected chi connectivity index (χ0v) is 29.5. The van der Waals surface area contributed by atoms with Crippen LogP contribution in [0, 0.1) is 0 Å². The summed E-state index contributed by atoms with van der Waals surface area (Å²) in [4.78, 5) is 106. The van der Waals surface area contributed by atoms with Gasteiger partial charge in [0, 0.05) is 18.8 Å². The molecule has 292 valence electrons. The Balaban J connectivity index is 2.24. The number of benzene rings is 1. The molecular weight excluding hydrogens is 720 g/mol. The van der Waals surface area contributed by atoms with Crippen molar-refractivity contribution < 1.29 is 53.7 Å². The Kier molecular flexibility index (Phi) is 17.3. The van der Waals surface area contributed by atoms with Gasteiger partial charge < -0.3 is 64.4 Å². The van der Waals surface area contributed by atoms with Gasteiger partial charge in [0.15, 0.2) is 5.96 Å². The molecular formula is C31H46N10O11S. The SMILES string of the molecule is NC(=O)C[C@H](NC(=O)[C@H](CCCN=C(N)N)NC(=O)[C@H](CS)NC(=O)[C@@H](N)Cc1ccc(O)cc1)C(=O)N1CCC[C@H]1C(=O)N[C@@H](CC(=O)O)C(=O)O. The van der Waals surface area contributed by atoms with Gasteiger partial charge in [-0.25, -0.2) is 4.79 Å². The maximum Gasteiger partial charge on any atom is 0.326 e. The number of primary amides is 1. The summed E-state index contributed by atoms with van der Waals surface area (Å²) < 4.78 is 0. The maximum atomic E-state index is 13.7. The van der Waals surface area contributed by atoms with Gasteiger partial charge in [-0.15, -0.1) is 0 Å². The Bertz CT molecular complexity index is 1540. The first kappa shape index (κ1) is 43.5. The van der Waals surface area contributed by atoms with Crippen LogP contribution < -0.4 is 44.2 Å². The van der Waals surface area contributed by atoms with Crippen molar-refractivity contribution >= 4 is 66.0 Å². The number of aliphatic imine (C=N–C) groups is 1. The lowest BCUT2D eigenvalue weighted by molar-refractivity contribution is -0.148. The molecule has 1 aliphatic rings. The summed E-state index contributed by atoms with van der Waals surface area (Å²) in [7, 11) is 0. The van der Waals surface area contributed by atoms with Crippen molar-refractivity contribution in [2.24, 2.45) is 27.9 Å². The number of hydrogen-bond acceptors (Lipinski definition) is 12. The fourth-order valence-electron chi connectivity index (χ4n) is 5.32. The largest absolute Gasteiger partial charge is 0.508 e. The zero-order chi connectivity index (χ0) is 39.8. The Labute approximate surface area is 309 Å². The van der Waals surface area contributed by atoms with Crippen molar-refractivity contribution in [2.75, 3.05) is 18.8 Å². The molecule has 1 heterocycles. The van der Waals surface area contributed by atoms with Gasteiger partial charge in [0.2, 0.25) is 35.4 Å². The number of phenols is 1. The number of aliphatic carboxylic acids is 2. The highest BCUT2D eigenvalue weighted by Gasteiger charge is 2.40. The number of rotatable bonds is 21. The third-order valence-electron chi connectivity index (χ3n) is 7.97.